The van der Waals surface area contributed by atoms with Crippen molar-refractivity contribution in [1.82, 2.24) is 5.32 Å². The number of fused-ring (bicyclic) bond motifs is 4. The smallest absolute Gasteiger partial charge is 0.407 e. The van der Waals surface area contributed by atoms with Gasteiger partial charge < -0.3 is 20.1 Å². The van der Waals surface area contributed by atoms with Crippen LogP contribution in [0.2, 0.25) is 0 Å². The first-order valence-corrected chi connectivity index (χ1v) is 15.1. The van der Waals surface area contributed by atoms with Crippen LogP contribution in [0.25, 0.3) is 11.1 Å². The van der Waals surface area contributed by atoms with E-state index in [1.54, 1.807) is 0 Å². The molecule has 0 bridgehead atoms. The van der Waals surface area contributed by atoms with Gasteiger partial charge in [-0.3, -0.25) is 9.59 Å². The van der Waals surface area contributed by atoms with E-state index >= 15 is 0 Å². The van der Waals surface area contributed by atoms with Crippen molar-refractivity contribution in [3.8, 4) is 11.1 Å². The van der Waals surface area contributed by atoms with E-state index in [4.69, 9.17) is 9.47 Å². The molecule has 7 nitrogen and oxygen atoms in total. The van der Waals surface area contributed by atoms with Crippen LogP contribution in [0.3, 0.4) is 0 Å². The number of hydrogen-bond acceptors (Lipinski definition) is 5. The molecule has 2 N–H and O–H groups in total. The molecule has 1 heterocycles. The third kappa shape index (κ3) is 5.68. The minimum atomic E-state index is -0.757. The number of benzene rings is 3. The second-order valence-corrected chi connectivity index (χ2v) is 12.6. The van der Waals surface area contributed by atoms with Crippen molar-refractivity contribution in [1.29, 1.82) is 0 Å². The van der Waals surface area contributed by atoms with Gasteiger partial charge in [-0.25, -0.2) is 4.79 Å². The summed E-state index contributed by atoms with van der Waals surface area (Å²) in [7, 11) is 0. The largest absolute Gasteiger partial charge is 0.465 e. The summed E-state index contributed by atoms with van der Waals surface area (Å²) in [6.45, 7) is 8.77. The number of alkyl carbamates (subject to hydrolysis) is 1. The quantitative estimate of drug-likeness (QED) is 0.220. The van der Waals surface area contributed by atoms with Crippen LogP contribution >= 0.6 is 0 Å². The molecule has 6 rings (SSSR count). The highest BCUT2D eigenvalue weighted by Gasteiger charge is 2.55. The molecule has 1 saturated heterocycles. The molecule has 3 atom stereocenters. The van der Waals surface area contributed by atoms with Crippen molar-refractivity contribution in [2.24, 2.45) is 17.3 Å². The lowest BCUT2D eigenvalue weighted by Gasteiger charge is -2.24. The molecular weight excluding hydrogens is 540 g/mol. The molecule has 43 heavy (non-hydrogen) atoms. The number of amides is 2. The number of carbonyl (C=O) groups excluding carboxylic acids is 3. The summed E-state index contributed by atoms with van der Waals surface area (Å²) >= 11 is 0. The molecule has 2 unspecified atom stereocenters. The van der Waals surface area contributed by atoms with Gasteiger partial charge in [0, 0.05) is 17.5 Å². The van der Waals surface area contributed by atoms with Crippen LogP contribution in [0.1, 0.15) is 55.7 Å². The Morgan fingerprint density at radius 1 is 1.00 bits per heavy atom. The average Bonchev–Trinajstić information content (AvgIpc) is 3.59. The fourth-order valence-electron chi connectivity index (χ4n) is 7.05. The van der Waals surface area contributed by atoms with Gasteiger partial charge in [0.05, 0.1) is 12.0 Å². The Bertz CT molecular complexity index is 1520. The lowest BCUT2D eigenvalue weighted by atomic mass is 9.75. The molecule has 3 aromatic carbocycles. The van der Waals surface area contributed by atoms with Gasteiger partial charge in [0.15, 0.2) is 0 Å². The van der Waals surface area contributed by atoms with E-state index < -0.39 is 17.6 Å². The summed E-state index contributed by atoms with van der Waals surface area (Å²) in [4.78, 5) is 38.9. The number of hydrogen-bond donors (Lipinski definition) is 2. The van der Waals surface area contributed by atoms with Gasteiger partial charge in [0.1, 0.15) is 12.6 Å². The van der Waals surface area contributed by atoms with Crippen molar-refractivity contribution in [3.63, 3.8) is 0 Å². The van der Waals surface area contributed by atoms with E-state index in [2.05, 4.69) is 41.5 Å². The van der Waals surface area contributed by atoms with Gasteiger partial charge in [-0.05, 0) is 71.6 Å². The SMILES string of the molecule is C=C1CC2COC(=O)C2(Cc2ccc(NC(=O)[C@H](CC(C)C)NC(=O)OCC3c4ccccc4-c4ccccc43)cc2)C1. The van der Waals surface area contributed by atoms with Crippen LogP contribution in [0, 0.1) is 17.3 Å². The standard InChI is InChI=1S/C36H38N2O5/c1-22(2)16-32(38-35(41)43-21-31-29-10-6-4-8-27(29)28-9-5-7-11-30(28)31)33(39)37-26-14-12-24(13-15-26)19-36-18-23(3)17-25(36)20-42-34(36)40/h4-15,22,25,31-32H,3,16-21H2,1-2H3,(H,37,39)(H,38,41)/t25?,32-,36?/m0/s1. The minimum Gasteiger partial charge on any atom is -0.465 e. The molecule has 1 aliphatic heterocycles. The van der Waals surface area contributed by atoms with E-state index in [1.165, 1.54) is 0 Å². The zero-order valence-corrected chi connectivity index (χ0v) is 24.7. The molecule has 1 saturated carbocycles. The highest BCUT2D eigenvalue weighted by molar-refractivity contribution is 5.96. The number of ether oxygens (including phenoxy) is 2. The molecule has 0 radical (unpaired) electrons. The molecule has 2 aliphatic carbocycles. The van der Waals surface area contributed by atoms with Crippen LogP contribution in [-0.2, 0) is 25.5 Å². The summed E-state index contributed by atoms with van der Waals surface area (Å²) in [6.07, 6.45) is 1.92. The van der Waals surface area contributed by atoms with Gasteiger partial charge in [-0.1, -0.05) is 86.7 Å². The number of rotatable bonds is 9. The normalized spacial score (nSPS) is 21.1. The number of allylic oxidation sites excluding steroid dienone is 1. The Kier molecular flexibility index (Phi) is 7.82. The Labute approximate surface area is 252 Å². The molecule has 3 aromatic rings. The third-order valence-electron chi connectivity index (χ3n) is 9.10. The zero-order chi connectivity index (χ0) is 30.1. The Morgan fingerprint density at radius 3 is 2.30 bits per heavy atom. The van der Waals surface area contributed by atoms with E-state index in [0.29, 0.717) is 31.6 Å². The van der Waals surface area contributed by atoms with Gasteiger partial charge >= 0.3 is 12.1 Å². The van der Waals surface area contributed by atoms with Gasteiger partial charge in [-0.15, -0.1) is 0 Å². The summed E-state index contributed by atoms with van der Waals surface area (Å²) < 4.78 is 11.1. The Morgan fingerprint density at radius 2 is 1.65 bits per heavy atom. The second-order valence-electron chi connectivity index (χ2n) is 12.6. The molecule has 2 amide bonds. The average molecular weight is 579 g/mol. The number of carbonyl (C=O) groups is 3. The van der Waals surface area contributed by atoms with Gasteiger partial charge in [0.2, 0.25) is 5.91 Å². The van der Waals surface area contributed by atoms with Crippen molar-refractivity contribution in [3.05, 3.63) is 102 Å². The maximum absolute atomic E-state index is 13.3. The summed E-state index contributed by atoms with van der Waals surface area (Å²) in [5.74, 6) is -0.152. The van der Waals surface area contributed by atoms with Crippen LogP contribution in [0.4, 0.5) is 10.5 Å². The topological polar surface area (TPSA) is 93.7 Å². The van der Waals surface area contributed by atoms with Crippen LogP contribution < -0.4 is 10.6 Å². The number of anilines is 1. The summed E-state index contributed by atoms with van der Waals surface area (Å²) in [5.41, 5.74) is 6.78. The lowest BCUT2D eigenvalue weighted by Crippen LogP contribution is -2.45. The first-order valence-electron chi connectivity index (χ1n) is 15.1. The lowest BCUT2D eigenvalue weighted by molar-refractivity contribution is -0.146. The van der Waals surface area contributed by atoms with Crippen molar-refractivity contribution in [2.75, 3.05) is 18.5 Å². The molecule has 222 valence electrons. The summed E-state index contributed by atoms with van der Waals surface area (Å²) in [5, 5.41) is 5.74. The number of esters is 1. The Balaban J connectivity index is 1.08. The molecule has 3 aliphatic rings. The van der Waals surface area contributed by atoms with Crippen LogP contribution in [-0.4, -0.2) is 37.2 Å². The predicted octanol–water partition coefficient (Wildman–Crippen LogP) is 6.63. The highest BCUT2D eigenvalue weighted by Crippen LogP contribution is 2.52. The molecule has 0 spiro atoms. The summed E-state index contributed by atoms with van der Waals surface area (Å²) in [6, 6.07) is 23.1. The first kappa shape index (κ1) is 28.7. The van der Waals surface area contributed by atoms with E-state index in [9.17, 15) is 14.4 Å². The van der Waals surface area contributed by atoms with Gasteiger partial charge in [0.25, 0.3) is 0 Å². The molecule has 2 fully saturated rings. The molecule has 7 heteroatoms. The number of cyclic esters (lactones) is 1. The number of nitrogens with one attached hydrogen (secondary N) is 2. The fraction of sp³-hybridized carbons (Fsp3) is 0.361. The third-order valence-corrected chi connectivity index (χ3v) is 9.10. The molecule has 0 aromatic heterocycles. The predicted molar refractivity (Wildman–Crippen MR) is 165 cm³/mol. The molecular formula is C36H38N2O5. The first-order chi connectivity index (χ1) is 20.7. The maximum Gasteiger partial charge on any atom is 0.407 e. The minimum absolute atomic E-state index is 0.0581. The monoisotopic (exact) mass is 578 g/mol. The van der Waals surface area contributed by atoms with Crippen LogP contribution in [0.5, 0.6) is 0 Å². The Hall–Kier alpha value is -4.39. The van der Waals surface area contributed by atoms with E-state index in [1.807, 2.05) is 62.4 Å². The fourth-order valence-corrected chi connectivity index (χ4v) is 7.05. The van der Waals surface area contributed by atoms with E-state index in [0.717, 1.165) is 39.8 Å². The van der Waals surface area contributed by atoms with Crippen molar-refractivity contribution >= 4 is 23.7 Å². The van der Waals surface area contributed by atoms with Gasteiger partial charge in [-0.2, -0.15) is 0 Å². The van der Waals surface area contributed by atoms with Crippen molar-refractivity contribution in [2.45, 2.75) is 51.5 Å². The van der Waals surface area contributed by atoms with E-state index in [-0.39, 0.29) is 36.2 Å². The maximum atomic E-state index is 13.3. The zero-order valence-electron chi connectivity index (χ0n) is 24.7. The second kappa shape index (κ2) is 11.7. The van der Waals surface area contributed by atoms with Crippen molar-refractivity contribution < 1.29 is 23.9 Å². The van der Waals surface area contributed by atoms with Crippen LogP contribution in [0.15, 0.2) is 84.9 Å². The highest BCUT2D eigenvalue weighted by atomic mass is 16.5.